The highest BCUT2D eigenvalue weighted by Crippen LogP contribution is 2.20. The van der Waals surface area contributed by atoms with Gasteiger partial charge in [-0.25, -0.2) is 0 Å². The average molecular weight is 332 g/mol. The molecule has 3 N–H and O–H groups in total. The van der Waals surface area contributed by atoms with Crippen LogP contribution in [-0.2, 0) is 12.8 Å². The molecule has 0 saturated carbocycles. The van der Waals surface area contributed by atoms with E-state index in [0.717, 1.165) is 30.6 Å². The molecule has 0 aliphatic heterocycles. The van der Waals surface area contributed by atoms with Crippen molar-refractivity contribution in [2.75, 3.05) is 5.32 Å². The lowest BCUT2D eigenvalue weighted by Gasteiger charge is -2.23. The molecular formula is C20H20N4O. The third kappa shape index (κ3) is 3.55. The molecule has 4 rings (SSSR count). The summed E-state index contributed by atoms with van der Waals surface area (Å²) in [6.45, 7) is 0. The SMILES string of the molecule is O=C(NC1CCc2[nH]ncc2C1)c1cccc(Nc2ccccc2)c1. The number of H-pyrrole nitrogens is 1. The fourth-order valence-electron chi connectivity index (χ4n) is 3.23. The van der Waals surface area contributed by atoms with E-state index in [1.165, 1.54) is 11.3 Å². The molecule has 5 nitrogen and oxygen atoms in total. The van der Waals surface area contributed by atoms with E-state index in [1.807, 2.05) is 60.8 Å². The van der Waals surface area contributed by atoms with Crippen molar-refractivity contribution in [1.29, 1.82) is 0 Å². The molecule has 25 heavy (non-hydrogen) atoms. The first-order chi connectivity index (χ1) is 12.3. The predicted molar refractivity (Wildman–Crippen MR) is 98.0 cm³/mol. The molecule has 3 aromatic rings. The highest BCUT2D eigenvalue weighted by Gasteiger charge is 2.22. The van der Waals surface area contributed by atoms with Crippen molar-refractivity contribution in [2.45, 2.75) is 25.3 Å². The van der Waals surface area contributed by atoms with E-state index in [9.17, 15) is 4.79 Å². The maximum absolute atomic E-state index is 12.6. The van der Waals surface area contributed by atoms with Crippen LogP contribution in [0.4, 0.5) is 11.4 Å². The molecule has 1 amide bonds. The number of hydrogen-bond donors (Lipinski definition) is 3. The third-order valence-electron chi connectivity index (χ3n) is 4.54. The first-order valence-corrected chi connectivity index (χ1v) is 8.52. The van der Waals surface area contributed by atoms with Gasteiger partial charge in [0.2, 0.25) is 0 Å². The number of anilines is 2. The molecule has 0 spiro atoms. The van der Waals surface area contributed by atoms with Gasteiger partial charge < -0.3 is 10.6 Å². The number of aromatic amines is 1. The molecule has 0 radical (unpaired) electrons. The molecule has 2 aromatic carbocycles. The lowest BCUT2D eigenvalue weighted by molar-refractivity contribution is 0.0933. The summed E-state index contributed by atoms with van der Waals surface area (Å²) in [4.78, 5) is 12.6. The van der Waals surface area contributed by atoms with E-state index in [2.05, 4.69) is 20.8 Å². The number of fused-ring (bicyclic) bond motifs is 1. The third-order valence-corrected chi connectivity index (χ3v) is 4.54. The molecule has 0 bridgehead atoms. The van der Waals surface area contributed by atoms with Gasteiger partial charge in [0.15, 0.2) is 0 Å². The van der Waals surface area contributed by atoms with Gasteiger partial charge in [0, 0.05) is 28.7 Å². The van der Waals surface area contributed by atoms with Crippen molar-refractivity contribution in [1.82, 2.24) is 15.5 Å². The zero-order valence-electron chi connectivity index (χ0n) is 13.8. The monoisotopic (exact) mass is 332 g/mol. The van der Waals surface area contributed by atoms with Crippen LogP contribution in [0, 0.1) is 0 Å². The highest BCUT2D eigenvalue weighted by molar-refractivity contribution is 5.95. The van der Waals surface area contributed by atoms with Crippen LogP contribution in [0.5, 0.6) is 0 Å². The molecule has 1 unspecified atom stereocenters. The van der Waals surface area contributed by atoms with Crippen molar-refractivity contribution in [3.8, 4) is 0 Å². The van der Waals surface area contributed by atoms with E-state index in [-0.39, 0.29) is 11.9 Å². The van der Waals surface area contributed by atoms with Gasteiger partial charge in [0.1, 0.15) is 0 Å². The van der Waals surface area contributed by atoms with Crippen LogP contribution in [0.15, 0.2) is 60.8 Å². The topological polar surface area (TPSA) is 69.8 Å². The quantitative estimate of drug-likeness (QED) is 0.685. The Morgan fingerprint density at radius 1 is 1.08 bits per heavy atom. The summed E-state index contributed by atoms with van der Waals surface area (Å²) in [6.07, 6.45) is 4.55. The zero-order valence-corrected chi connectivity index (χ0v) is 13.8. The van der Waals surface area contributed by atoms with E-state index < -0.39 is 0 Å². The lowest BCUT2D eigenvalue weighted by atomic mass is 9.93. The summed E-state index contributed by atoms with van der Waals surface area (Å²) in [5.74, 6) is -0.0337. The molecule has 0 saturated heterocycles. The van der Waals surface area contributed by atoms with Crippen LogP contribution in [-0.4, -0.2) is 22.1 Å². The summed E-state index contributed by atoms with van der Waals surface area (Å²) in [7, 11) is 0. The van der Waals surface area contributed by atoms with Gasteiger partial charge in [0.05, 0.1) is 6.20 Å². The summed E-state index contributed by atoms with van der Waals surface area (Å²) in [5, 5.41) is 13.6. The fourth-order valence-corrected chi connectivity index (χ4v) is 3.23. The largest absolute Gasteiger partial charge is 0.356 e. The average Bonchev–Trinajstić information content (AvgIpc) is 3.10. The number of rotatable bonds is 4. The van der Waals surface area contributed by atoms with Gasteiger partial charge in [0.25, 0.3) is 5.91 Å². The smallest absolute Gasteiger partial charge is 0.251 e. The van der Waals surface area contributed by atoms with Crippen molar-refractivity contribution < 1.29 is 4.79 Å². The number of aryl methyl sites for hydroxylation is 1. The first kappa shape index (κ1) is 15.4. The number of para-hydroxylation sites is 1. The van der Waals surface area contributed by atoms with Gasteiger partial charge >= 0.3 is 0 Å². The summed E-state index contributed by atoms with van der Waals surface area (Å²) in [6, 6.07) is 17.7. The van der Waals surface area contributed by atoms with Crippen LogP contribution >= 0.6 is 0 Å². The highest BCUT2D eigenvalue weighted by atomic mass is 16.1. The molecule has 1 heterocycles. The molecule has 1 aliphatic rings. The van der Waals surface area contributed by atoms with Gasteiger partial charge in [-0.1, -0.05) is 24.3 Å². The van der Waals surface area contributed by atoms with Gasteiger partial charge in [-0.2, -0.15) is 5.10 Å². The second-order valence-corrected chi connectivity index (χ2v) is 6.36. The number of hydrogen-bond acceptors (Lipinski definition) is 3. The Morgan fingerprint density at radius 2 is 1.92 bits per heavy atom. The molecule has 5 heteroatoms. The molecular weight excluding hydrogens is 312 g/mol. The summed E-state index contributed by atoms with van der Waals surface area (Å²) >= 11 is 0. The minimum atomic E-state index is -0.0337. The Bertz CT molecular complexity index is 872. The summed E-state index contributed by atoms with van der Waals surface area (Å²) < 4.78 is 0. The number of carbonyl (C=O) groups is 1. The van der Waals surface area contributed by atoms with E-state index in [4.69, 9.17) is 0 Å². The molecule has 0 fully saturated rings. The standard InChI is InChI=1S/C20H20N4O/c25-20(23-18-9-10-19-15(12-18)13-21-24-19)14-5-4-8-17(11-14)22-16-6-2-1-3-7-16/h1-8,11,13,18,22H,9-10,12H2,(H,21,24)(H,23,25). The second-order valence-electron chi connectivity index (χ2n) is 6.36. The Labute approximate surface area is 146 Å². The molecule has 1 atom stereocenters. The lowest BCUT2D eigenvalue weighted by Crippen LogP contribution is -2.38. The minimum absolute atomic E-state index is 0.0337. The van der Waals surface area contributed by atoms with Crippen molar-refractivity contribution in [3.05, 3.63) is 77.6 Å². The first-order valence-electron chi connectivity index (χ1n) is 8.52. The molecule has 1 aromatic heterocycles. The van der Waals surface area contributed by atoms with E-state index in [0.29, 0.717) is 5.56 Å². The van der Waals surface area contributed by atoms with Gasteiger partial charge in [-0.3, -0.25) is 9.89 Å². The van der Waals surface area contributed by atoms with Crippen LogP contribution in [0.3, 0.4) is 0 Å². The molecule has 126 valence electrons. The fraction of sp³-hybridized carbons (Fsp3) is 0.200. The predicted octanol–water partition coefficient (Wildman–Crippen LogP) is 3.44. The van der Waals surface area contributed by atoms with E-state index >= 15 is 0 Å². The normalized spacial score (nSPS) is 16.1. The summed E-state index contributed by atoms with van der Waals surface area (Å²) in [5.41, 5.74) is 4.97. The Hall–Kier alpha value is -3.08. The number of carbonyl (C=O) groups excluding carboxylic acids is 1. The van der Waals surface area contributed by atoms with Crippen LogP contribution in [0.2, 0.25) is 0 Å². The maximum Gasteiger partial charge on any atom is 0.251 e. The number of benzene rings is 2. The van der Waals surface area contributed by atoms with Crippen molar-refractivity contribution >= 4 is 17.3 Å². The van der Waals surface area contributed by atoms with Crippen LogP contribution in [0.25, 0.3) is 0 Å². The van der Waals surface area contributed by atoms with Gasteiger partial charge in [-0.05, 0) is 55.2 Å². The number of nitrogens with zero attached hydrogens (tertiary/aromatic N) is 1. The Kier molecular flexibility index (Phi) is 4.21. The maximum atomic E-state index is 12.6. The Morgan fingerprint density at radius 3 is 2.80 bits per heavy atom. The van der Waals surface area contributed by atoms with Gasteiger partial charge in [-0.15, -0.1) is 0 Å². The van der Waals surface area contributed by atoms with Crippen molar-refractivity contribution in [3.63, 3.8) is 0 Å². The zero-order chi connectivity index (χ0) is 17.1. The second kappa shape index (κ2) is 6.81. The minimum Gasteiger partial charge on any atom is -0.356 e. The van der Waals surface area contributed by atoms with Crippen LogP contribution in [0.1, 0.15) is 28.0 Å². The van der Waals surface area contributed by atoms with E-state index in [1.54, 1.807) is 0 Å². The number of nitrogens with one attached hydrogen (secondary N) is 3. The number of aromatic nitrogens is 2. The van der Waals surface area contributed by atoms with Crippen molar-refractivity contribution in [2.24, 2.45) is 0 Å². The molecule has 1 aliphatic carbocycles. The Balaban J connectivity index is 1.43. The number of amides is 1. The van der Waals surface area contributed by atoms with Crippen LogP contribution < -0.4 is 10.6 Å².